The molecule has 0 spiro atoms. The zero-order chi connectivity index (χ0) is 12.3. The number of aromatic nitrogens is 2. The normalized spacial score (nSPS) is 12.1. The summed E-state index contributed by atoms with van der Waals surface area (Å²) in [6.07, 6.45) is 1.49. The van der Waals surface area contributed by atoms with Crippen molar-refractivity contribution >= 4 is 22.4 Å². The van der Waals surface area contributed by atoms with E-state index < -0.39 is 6.04 Å². The van der Waals surface area contributed by atoms with Gasteiger partial charge in [-0.2, -0.15) is 0 Å². The highest BCUT2D eigenvalue weighted by Gasteiger charge is 2.16. The van der Waals surface area contributed by atoms with Crippen LogP contribution >= 0.6 is 11.5 Å². The van der Waals surface area contributed by atoms with Crippen LogP contribution in [0.25, 0.3) is 0 Å². The lowest BCUT2D eigenvalue weighted by Crippen LogP contribution is -2.27. The molecule has 1 atom stereocenters. The molecule has 17 heavy (non-hydrogen) atoms. The van der Waals surface area contributed by atoms with Crippen molar-refractivity contribution in [2.75, 3.05) is 5.32 Å². The fourth-order valence-electron chi connectivity index (χ4n) is 1.35. The number of amides is 1. The van der Waals surface area contributed by atoms with Crippen LogP contribution in [-0.4, -0.2) is 15.5 Å². The number of aryl methyl sites for hydroxylation is 1. The van der Waals surface area contributed by atoms with E-state index in [-0.39, 0.29) is 5.91 Å². The fraction of sp³-hybridized carbons (Fsp3) is 0.182. The Bertz CT molecular complexity index is 495. The van der Waals surface area contributed by atoms with E-state index in [0.717, 1.165) is 22.7 Å². The number of carbonyl (C=O) groups is 1. The predicted molar refractivity (Wildman–Crippen MR) is 66.6 cm³/mol. The molecule has 0 radical (unpaired) electrons. The molecule has 1 amide bonds. The van der Waals surface area contributed by atoms with E-state index in [1.54, 1.807) is 0 Å². The number of nitrogens with zero attached hydrogens (tertiary/aromatic N) is 2. The maximum absolute atomic E-state index is 11.8. The molecule has 88 valence electrons. The number of carbonyl (C=O) groups excluding carboxylic acids is 1. The largest absolute Gasteiger partial charge is 0.316 e. The van der Waals surface area contributed by atoms with Gasteiger partial charge in [0.15, 0.2) is 0 Å². The Morgan fingerprint density at radius 3 is 2.71 bits per heavy atom. The SMILES string of the molecule is Cc1ccc(C(N)C(=O)Nc2cnns2)cc1. The highest BCUT2D eigenvalue weighted by molar-refractivity contribution is 7.10. The second-order valence-corrected chi connectivity index (χ2v) is 4.45. The van der Waals surface area contributed by atoms with Gasteiger partial charge in [-0.15, -0.1) is 5.10 Å². The van der Waals surface area contributed by atoms with Crippen LogP contribution in [0.5, 0.6) is 0 Å². The highest BCUT2D eigenvalue weighted by Crippen LogP contribution is 2.15. The zero-order valence-electron chi connectivity index (χ0n) is 9.25. The first kappa shape index (κ1) is 11.7. The summed E-state index contributed by atoms with van der Waals surface area (Å²) in [4.78, 5) is 11.8. The van der Waals surface area contributed by atoms with Gasteiger partial charge in [0.2, 0.25) is 5.91 Å². The van der Waals surface area contributed by atoms with Crippen molar-refractivity contribution in [2.24, 2.45) is 5.73 Å². The number of nitrogens with one attached hydrogen (secondary N) is 1. The molecule has 1 unspecified atom stereocenters. The second-order valence-electron chi connectivity index (χ2n) is 3.66. The van der Waals surface area contributed by atoms with Gasteiger partial charge in [-0.3, -0.25) is 4.79 Å². The molecule has 5 nitrogen and oxygen atoms in total. The smallest absolute Gasteiger partial charge is 0.246 e. The Morgan fingerprint density at radius 2 is 2.12 bits per heavy atom. The van der Waals surface area contributed by atoms with Crippen LogP contribution in [0.1, 0.15) is 17.2 Å². The van der Waals surface area contributed by atoms with Crippen molar-refractivity contribution in [3.63, 3.8) is 0 Å². The molecule has 1 aromatic heterocycles. The van der Waals surface area contributed by atoms with Crippen molar-refractivity contribution < 1.29 is 4.79 Å². The fourth-order valence-corrected chi connectivity index (χ4v) is 1.77. The first-order valence-corrected chi connectivity index (χ1v) is 5.84. The number of hydrogen-bond donors (Lipinski definition) is 2. The molecule has 0 saturated carbocycles. The van der Waals surface area contributed by atoms with Crippen LogP contribution in [0.15, 0.2) is 30.5 Å². The number of nitrogens with two attached hydrogens (primary N) is 1. The molecule has 6 heteroatoms. The quantitative estimate of drug-likeness (QED) is 0.862. The van der Waals surface area contributed by atoms with Crippen LogP contribution in [-0.2, 0) is 4.79 Å². The minimum atomic E-state index is -0.683. The summed E-state index contributed by atoms with van der Waals surface area (Å²) < 4.78 is 3.66. The van der Waals surface area contributed by atoms with E-state index in [1.165, 1.54) is 6.20 Å². The lowest BCUT2D eigenvalue weighted by atomic mass is 10.1. The summed E-state index contributed by atoms with van der Waals surface area (Å²) in [6.45, 7) is 1.98. The minimum absolute atomic E-state index is 0.264. The molecular weight excluding hydrogens is 236 g/mol. The first-order valence-electron chi connectivity index (χ1n) is 5.07. The maximum atomic E-state index is 11.8. The summed E-state index contributed by atoms with van der Waals surface area (Å²) in [7, 11) is 0. The van der Waals surface area contributed by atoms with Gasteiger partial charge in [-0.05, 0) is 12.5 Å². The number of benzene rings is 1. The minimum Gasteiger partial charge on any atom is -0.316 e. The Balaban J connectivity index is 2.07. The van der Waals surface area contributed by atoms with Crippen LogP contribution in [0.2, 0.25) is 0 Å². The van der Waals surface area contributed by atoms with Crippen molar-refractivity contribution in [1.82, 2.24) is 9.59 Å². The number of anilines is 1. The van der Waals surface area contributed by atoms with Gasteiger partial charge in [0.05, 0.1) is 6.20 Å². The standard InChI is InChI=1S/C11H12N4OS/c1-7-2-4-8(5-3-7)10(12)11(16)14-9-6-13-15-17-9/h2-6,10H,12H2,1H3,(H,14,16). The Hall–Kier alpha value is -1.79. The number of hydrogen-bond acceptors (Lipinski definition) is 5. The van der Waals surface area contributed by atoms with Crippen LogP contribution in [0, 0.1) is 6.92 Å². The van der Waals surface area contributed by atoms with Gasteiger partial charge >= 0.3 is 0 Å². The van der Waals surface area contributed by atoms with Crippen molar-refractivity contribution in [3.05, 3.63) is 41.6 Å². The summed E-state index contributed by atoms with van der Waals surface area (Å²) in [5, 5.41) is 6.89. The van der Waals surface area contributed by atoms with Crippen LogP contribution in [0.3, 0.4) is 0 Å². The van der Waals surface area contributed by atoms with Crippen molar-refractivity contribution in [1.29, 1.82) is 0 Å². The van der Waals surface area contributed by atoms with E-state index in [2.05, 4.69) is 14.9 Å². The van der Waals surface area contributed by atoms with Gasteiger partial charge in [0.1, 0.15) is 11.0 Å². The van der Waals surface area contributed by atoms with Crippen molar-refractivity contribution in [3.8, 4) is 0 Å². The van der Waals surface area contributed by atoms with E-state index in [9.17, 15) is 4.79 Å². The zero-order valence-corrected chi connectivity index (χ0v) is 10.1. The summed E-state index contributed by atoms with van der Waals surface area (Å²) in [6, 6.07) is 6.88. The average molecular weight is 248 g/mol. The lowest BCUT2D eigenvalue weighted by molar-refractivity contribution is -0.117. The van der Waals surface area contributed by atoms with Gasteiger partial charge in [0, 0.05) is 11.5 Å². The summed E-state index contributed by atoms with van der Waals surface area (Å²) >= 11 is 1.12. The molecule has 2 aromatic rings. The molecule has 3 N–H and O–H groups in total. The molecule has 0 aliphatic heterocycles. The predicted octanol–water partition coefficient (Wildman–Crippen LogP) is 1.49. The third-order valence-electron chi connectivity index (χ3n) is 2.33. The molecule has 0 bridgehead atoms. The molecule has 0 aliphatic carbocycles. The Kier molecular flexibility index (Phi) is 3.46. The molecule has 0 saturated heterocycles. The molecule has 1 aromatic carbocycles. The Morgan fingerprint density at radius 1 is 1.41 bits per heavy atom. The van der Waals surface area contributed by atoms with Gasteiger partial charge in [-0.25, -0.2) is 0 Å². The van der Waals surface area contributed by atoms with E-state index in [0.29, 0.717) is 5.00 Å². The first-order chi connectivity index (χ1) is 8.16. The van der Waals surface area contributed by atoms with E-state index in [1.807, 2.05) is 31.2 Å². The van der Waals surface area contributed by atoms with Gasteiger partial charge < -0.3 is 11.1 Å². The molecular formula is C11H12N4OS. The second kappa shape index (κ2) is 5.03. The third kappa shape index (κ3) is 2.86. The van der Waals surface area contributed by atoms with Crippen LogP contribution in [0.4, 0.5) is 5.00 Å². The average Bonchev–Trinajstić information content (AvgIpc) is 2.82. The van der Waals surface area contributed by atoms with Crippen LogP contribution < -0.4 is 11.1 Å². The van der Waals surface area contributed by atoms with Gasteiger partial charge in [0.25, 0.3) is 0 Å². The van der Waals surface area contributed by atoms with Gasteiger partial charge in [-0.1, -0.05) is 34.3 Å². The topological polar surface area (TPSA) is 80.9 Å². The summed E-state index contributed by atoms with van der Waals surface area (Å²) in [5.41, 5.74) is 7.77. The third-order valence-corrected chi connectivity index (χ3v) is 2.91. The maximum Gasteiger partial charge on any atom is 0.246 e. The lowest BCUT2D eigenvalue weighted by Gasteiger charge is -2.11. The van der Waals surface area contributed by atoms with Crippen molar-refractivity contribution in [2.45, 2.75) is 13.0 Å². The monoisotopic (exact) mass is 248 g/mol. The molecule has 1 heterocycles. The molecule has 2 rings (SSSR count). The molecule has 0 fully saturated rings. The summed E-state index contributed by atoms with van der Waals surface area (Å²) in [5.74, 6) is -0.264. The molecule has 0 aliphatic rings. The Labute approximate surface area is 103 Å². The highest BCUT2D eigenvalue weighted by atomic mass is 32.1. The van der Waals surface area contributed by atoms with E-state index >= 15 is 0 Å². The van der Waals surface area contributed by atoms with E-state index in [4.69, 9.17) is 5.73 Å². The number of rotatable bonds is 3.